The van der Waals surface area contributed by atoms with Gasteiger partial charge in [-0.3, -0.25) is 14.0 Å². The van der Waals surface area contributed by atoms with Crippen molar-refractivity contribution in [2.24, 2.45) is 5.92 Å². The Balaban J connectivity index is 1.55. The minimum Gasteiger partial charge on any atom is -0.345 e. The van der Waals surface area contributed by atoms with Crippen LogP contribution in [0.5, 0.6) is 0 Å². The van der Waals surface area contributed by atoms with Gasteiger partial charge in [0.05, 0.1) is 6.04 Å². The molecule has 1 fully saturated rings. The summed E-state index contributed by atoms with van der Waals surface area (Å²) >= 11 is 1.37. The summed E-state index contributed by atoms with van der Waals surface area (Å²) in [6.07, 6.45) is 9.55. The molecule has 1 N–H and O–H groups in total. The first-order chi connectivity index (χ1) is 14.0. The van der Waals surface area contributed by atoms with Crippen LogP contribution >= 0.6 is 11.3 Å². The van der Waals surface area contributed by atoms with E-state index in [9.17, 15) is 9.59 Å². The van der Waals surface area contributed by atoms with Crippen LogP contribution in [0.1, 0.15) is 79.4 Å². The van der Waals surface area contributed by atoms with E-state index in [0.717, 1.165) is 5.56 Å². The molecule has 3 aromatic rings. The number of benzene rings is 1. The number of fused-ring (bicyclic) bond motifs is 1. The highest BCUT2D eigenvalue weighted by Gasteiger charge is 2.22. The van der Waals surface area contributed by atoms with Crippen LogP contribution in [0.15, 0.2) is 46.8 Å². The summed E-state index contributed by atoms with van der Waals surface area (Å²) in [6, 6.07) is 8.51. The maximum absolute atomic E-state index is 12.9. The molecule has 1 aliphatic rings. The minimum absolute atomic E-state index is 0.0744. The average molecular weight is 410 g/mol. The molecule has 2 aromatic heterocycles. The molecule has 1 atom stereocenters. The molecule has 0 bridgehead atoms. The Labute approximate surface area is 174 Å². The van der Waals surface area contributed by atoms with Gasteiger partial charge in [-0.05, 0) is 35.8 Å². The van der Waals surface area contributed by atoms with Gasteiger partial charge in [-0.15, -0.1) is 11.3 Å². The zero-order valence-electron chi connectivity index (χ0n) is 16.9. The van der Waals surface area contributed by atoms with Crippen LogP contribution in [-0.4, -0.2) is 15.3 Å². The number of hydrogen-bond donors (Lipinski definition) is 1. The Kier molecular flexibility index (Phi) is 5.81. The van der Waals surface area contributed by atoms with Gasteiger partial charge < -0.3 is 5.32 Å². The summed E-state index contributed by atoms with van der Waals surface area (Å²) in [5.41, 5.74) is 2.21. The second kappa shape index (κ2) is 8.49. The van der Waals surface area contributed by atoms with Crippen molar-refractivity contribution < 1.29 is 4.79 Å². The topological polar surface area (TPSA) is 63.5 Å². The number of amides is 1. The zero-order valence-corrected chi connectivity index (χ0v) is 17.7. The lowest BCUT2D eigenvalue weighted by molar-refractivity contribution is 0.0923. The van der Waals surface area contributed by atoms with E-state index < -0.39 is 0 Å². The Bertz CT molecular complexity index is 1050. The molecule has 0 radical (unpaired) electrons. The molecule has 0 spiro atoms. The van der Waals surface area contributed by atoms with Gasteiger partial charge in [-0.25, -0.2) is 4.98 Å². The number of aromatic nitrogens is 2. The highest BCUT2D eigenvalue weighted by Crippen LogP contribution is 2.33. The molecule has 152 valence electrons. The van der Waals surface area contributed by atoms with E-state index in [1.54, 1.807) is 11.6 Å². The lowest BCUT2D eigenvalue weighted by Crippen LogP contribution is -2.35. The minimum atomic E-state index is -0.377. The highest BCUT2D eigenvalue weighted by molar-refractivity contribution is 7.15. The van der Waals surface area contributed by atoms with Gasteiger partial charge in [0.25, 0.3) is 11.5 Å². The number of carbonyl (C=O) groups is 1. The molecular weight excluding hydrogens is 382 g/mol. The molecule has 0 saturated heterocycles. The maximum Gasteiger partial charge on any atom is 0.271 e. The number of thiazole rings is 1. The molecule has 5 nitrogen and oxygen atoms in total. The van der Waals surface area contributed by atoms with Crippen molar-refractivity contribution in [2.45, 2.75) is 57.9 Å². The first-order valence-corrected chi connectivity index (χ1v) is 11.3. The van der Waals surface area contributed by atoms with E-state index in [1.807, 2.05) is 0 Å². The fourth-order valence-electron chi connectivity index (χ4n) is 4.25. The molecule has 0 aliphatic heterocycles. The van der Waals surface area contributed by atoms with Crippen LogP contribution in [0.3, 0.4) is 0 Å². The first-order valence-electron chi connectivity index (χ1n) is 10.4. The Morgan fingerprint density at radius 3 is 2.59 bits per heavy atom. The number of nitrogens with zero attached hydrogens (tertiary/aromatic N) is 2. The van der Waals surface area contributed by atoms with Crippen LogP contribution in [0.25, 0.3) is 4.96 Å². The van der Waals surface area contributed by atoms with Gasteiger partial charge in [0.1, 0.15) is 5.56 Å². The van der Waals surface area contributed by atoms with E-state index >= 15 is 0 Å². The number of hydrogen-bond acceptors (Lipinski definition) is 4. The fourth-order valence-corrected chi connectivity index (χ4v) is 4.92. The quantitative estimate of drug-likeness (QED) is 0.650. The average Bonchev–Trinajstić information content (AvgIpc) is 3.22. The summed E-state index contributed by atoms with van der Waals surface area (Å²) < 4.78 is 1.42. The van der Waals surface area contributed by atoms with Crippen LogP contribution in [0, 0.1) is 5.92 Å². The van der Waals surface area contributed by atoms with Crippen molar-refractivity contribution in [1.29, 1.82) is 0 Å². The van der Waals surface area contributed by atoms with Gasteiger partial charge >= 0.3 is 0 Å². The summed E-state index contributed by atoms with van der Waals surface area (Å²) in [6.45, 7) is 4.15. The van der Waals surface area contributed by atoms with E-state index in [1.165, 1.54) is 59.6 Å². The Morgan fingerprint density at radius 2 is 1.90 bits per heavy atom. The van der Waals surface area contributed by atoms with Crippen molar-refractivity contribution in [3.8, 4) is 0 Å². The molecule has 29 heavy (non-hydrogen) atoms. The van der Waals surface area contributed by atoms with Gasteiger partial charge in [0, 0.05) is 17.8 Å². The number of carbonyl (C=O) groups excluding carboxylic acids is 1. The third kappa shape index (κ3) is 4.13. The number of rotatable bonds is 5. The summed E-state index contributed by atoms with van der Waals surface area (Å²) in [5.74, 6) is 0.478. The smallest absolute Gasteiger partial charge is 0.271 e. The molecule has 1 aliphatic carbocycles. The van der Waals surface area contributed by atoms with E-state index in [0.29, 0.717) is 10.9 Å². The second-order valence-electron chi connectivity index (χ2n) is 8.23. The molecule has 1 saturated carbocycles. The van der Waals surface area contributed by atoms with Gasteiger partial charge in [0.2, 0.25) is 0 Å². The largest absolute Gasteiger partial charge is 0.345 e. The van der Waals surface area contributed by atoms with Crippen LogP contribution in [-0.2, 0) is 0 Å². The van der Waals surface area contributed by atoms with E-state index in [4.69, 9.17) is 0 Å². The molecule has 6 heteroatoms. The highest BCUT2D eigenvalue weighted by atomic mass is 32.1. The van der Waals surface area contributed by atoms with Crippen molar-refractivity contribution in [3.63, 3.8) is 0 Å². The predicted octanol–water partition coefficient (Wildman–Crippen LogP) is 4.93. The molecule has 1 aromatic carbocycles. The normalized spacial score (nSPS) is 16.2. The summed E-state index contributed by atoms with van der Waals surface area (Å²) in [4.78, 5) is 30.3. The molecular formula is C23H27N3O2S. The van der Waals surface area contributed by atoms with Crippen molar-refractivity contribution in [2.75, 3.05) is 0 Å². The lowest BCUT2D eigenvalue weighted by Gasteiger charge is -2.25. The molecule has 1 unspecified atom stereocenters. The molecule has 1 amide bonds. The van der Waals surface area contributed by atoms with E-state index in [-0.39, 0.29) is 29.0 Å². The SMILES string of the molecule is CC(C)C(NC(=O)c1cnc2sccn2c1=O)c1ccc(C2CCCCC2)cc1. The van der Waals surface area contributed by atoms with Crippen molar-refractivity contribution in [1.82, 2.24) is 14.7 Å². The second-order valence-corrected chi connectivity index (χ2v) is 9.10. The van der Waals surface area contributed by atoms with Crippen molar-refractivity contribution in [3.05, 3.63) is 69.1 Å². The fraction of sp³-hybridized carbons (Fsp3) is 0.435. The van der Waals surface area contributed by atoms with Gasteiger partial charge in [0.15, 0.2) is 4.96 Å². The van der Waals surface area contributed by atoms with Crippen LogP contribution < -0.4 is 10.9 Å². The van der Waals surface area contributed by atoms with Crippen LogP contribution in [0.2, 0.25) is 0 Å². The molecule has 2 heterocycles. The van der Waals surface area contributed by atoms with E-state index in [2.05, 4.69) is 48.4 Å². The predicted molar refractivity (Wildman–Crippen MR) is 117 cm³/mol. The summed E-state index contributed by atoms with van der Waals surface area (Å²) in [7, 11) is 0. The first kappa shape index (κ1) is 19.8. The molecule has 4 rings (SSSR count). The monoisotopic (exact) mass is 409 g/mol. The zero-order chi connectivity index (χ0) is 20.4. The standard InChI is InChI=1S/C23H27N3O2S/c1-15(2)20(18-10-8-17(9-11-18)16-6-4-3-5-7-16)25-21(27)19-14-24-23-26(22(19)28)12-13-29-23/h8-16,20H,3-7H2,1-2H3,(H,25,27). The van der Waals surface area contributed by atoms with Crippen molar-refractivity contribution >= 4 is 22.2 Å². The lowest BCUT2D eigenvalue weighted by atomic mass is 9.83. The van der Waals surface area contributed by atoms with Gasteiger partial charge in [-0.1, -0.05) is 57.4 Å². The maximum atomic E-state index is 12.9. The van der Waals surface area contributed by atoms with Gasteiger partial charge in [-0.2, -0.15) is 0 Å². The third-order valence-corrected chi connectivity index (χ3v) is 6.68. The number of nitrogens with one attached hydrogen (secondary N) is 1. The Morgan fingerprint density at radius 1 is 1.17 bits per heavy atom. The van der Waals surface area contributed by atoms with Crippen LogP contribution in [0.4, 0.5) is 0 Å². The third-order valence-electron chi connectivity index (χ3n) is 5.91. The summed E-state index contributed by atoms with van der Waals surface area (Å²) in [5, 5.41) is 4.84. The Hall–Kier alpha value is -2.47.